The Balaban J connectivity index is 2.25. The van der Waals surface area contributed by atoms with Crippen molar-refractivity contribution in [2.24, 2.45) is 0 Å². The van der Waals surface area contributed by atoms with Crippen LogP contribution in [-0.4, -0.2) is 27.1 Å². The van der Waals surface area contributed by atoms with Gasteiger partial charge in [-0.1, -0.05) is 0 Å². The molecule has 6 nitrogen and oxygen atoms in total. The van der Waals surface area contributed by atoms with Crippen molar-refractivity contribution in [3.05, 3.63) is 42.4 Å². The summed E-state index contributed by atoms with van der Waals surface area (Å²) in [5.41, 5.74) is 0.0461. The molecule has 0 atom stereocenters. The second-order valence-electron chi connectivity index (χ2n) is 4.29. The van der Waals surface area contributed by atoms with Crippen molar-refractivity contribution in [2.45, 2.75) is 20.0 Å². The van der Waals surface area contributed by atoms with Gasteiger partial charge in [0.05, 0.1) is 17.9 Å². The van der Waals surface area contributed by atoms with Crippen LogP contribution in [0, 0.1) is 0 Å². The van der Waals surface area contributed by atoms with Gasteiger partial charge < -0.3 is 14.6 Å². The van der Waals surface area contributed by atoms with Crippen molar-refractivity contribution in [1.82, 2.24) is 9.97 Å². The highest BCUT2D eigenvalue weighted by atomic mass is 16.5. The molecule has 0 aliphatic heterocycles. The summed E-state index contributed by atoms with van der Waals surface area (Å²) < 4.78 is 11.1. The van der Waals surface area contributed by atoms with Gasteiger partial charge in [-0.3, -0.25) is 4.98 Å². The fourth-order valence-corrected chi connectivity index (χ4v) is 1.50. The lowest BCUT2D eigenvalue weighted by atomic mass is 10.3. The van der Waals surface area contributed by atoms with Crippen LogP contribution in [0.3, 0.4) is 0 Å². The number of nitrogens with zero attached hydrogens (tertiary/aromatic N) is 2. The molecule has 0 saturated carbocycles. The maximum atomic E-state index is 10.9. The monoisotopic (exact) mass is 274 g/mol. The number of carboxylic acids is 1. The minimum atomic E-state index is -1.07. The van der Waals surface area contributed by atoms with Gasteiger partial charge in [-0.05, 0) is 32.0 Å². The first kappa shape index (κ1) is 13.8. The van der Waals surface area contributed by atoms with E-state index < -0.39 is 5.97 Å². The number of hydrogen-bond acceptors (Lipinski definition) is 5. The predicted molar refractivity (Wildman–Crippen MR) is 71.3 cm³/mol. The van der Waals surface area contributed by atoms with E-state index in [1.807, 2.05) is 13.8 Å². The quantitative estimate of drug-likeness (QED) is 0.902. The lowest BCUT2D eigenvalue weighted by molar-refractivity contribution is 0.0696. The Morgan fingerprint density at radius 3 is 2.85 bits per heavy atom. The molecule has 0 amide bonds. The predicted octanol–water partition coefficient (Wildman–Crippen LogP) is 2.75. The van der Waals surface area contributed by atoms with E-state index in [1.54, 1.807) is 18.3 Å². The van der Waals surface area contributed by atoms with Gasteiger partial charge in [0.15, 0.2) is 5.75 Å². The Labute approximate surface area is 116 Å². The minimum absolute atomic E-state index is 0.0231. The number of rotatable bonds is 5. The molecule has 0 aliphatic rings. The number of pyridine rings is 2. The van der Waals surface area contributed by atoms with Crippen molar-refractivity contribution in [1.29, 1.82) is 0 Å². The highest BCUT2D eigenvalue weighted by molar-refractivity contribution is 5.87. The molecular formula is C14H14N2O4. The molecule has 6 heteroatoms. The summed E-state index contributed by atoms with van der Waals surface area (Å²) in [6.07, 6.45) is 4.21. The molecule has 0 spiro atoms. The SMILES string of the molecule is CC(C)Oc1cccnc1Oc1cncc(C(=O)O)c1. The summed E-state index contributed by atoms with van der Waals surface area (Å²) in [4.78, 5) is 18.8. The zero-order valence-corrected chi connectivity index (χ0v) is 11.1. The molecule has 0 aromatic carbocycles. The van der Waals surface area contributed by atoms with E-state index in [2.05, 4.69) is 9.97 Å². The van der Waals surface area contributed by atoms with Gasteiger partial charge in [0.25, 0.3) is 5.88 Å². The molecule has 0 radical (unpaired) electrons. The first-order chi connectivity index (χ1) is 9.56. The van der Waals surface area contributed by atoms with Gasteiger partial charge in [-0.25, -0.2) is 9.78 Å². The molecule has 0 bridgehead atoms. The maximum Gasteiger partial charge on any atom is 0.337 e. The van der Waals surface area contributed by atoms with Crippen LogP contribution in [-0.2, 0) is 0 Å². The summed E-state index contributed by atoms with van der Waals surface area (Å²) >= 11 is 0. The largest absolute Gasteiger partial charge is 0.485 e. The van der Waals surface area contributed by atoms with Crippen LogP contribution >= 0.6 is 0 Å². The molecule has 1 N–H and O–H groups in total. The third kappa shape index (κ3) is 3.44. The Bertz CT molecular complexity index is 614. The molecule has 20 heavy (non-hydrogen) atoms. The number of carbonyl (C=O) groups is 1. The molecule has 104 valence electrons. The number of aromatic nitrogens is 2. The fraction of sp³-hybridized carbons (Fsp3) is 0.214. The summed E-state index contributed by atoms with van der Waals surface area (Å²) in [6, 6.07) is 4.84. The van der Waals surface area contributed by atoms with Crippen molar-refractivity contribution < 1.29 is 19.4 Å². The van der Waals surface area contributed by atoms with E-state index in [0.717, 1.165) is 0 Å². The number of carboxylic acid groups (broad SMARTS) is 1. The summed E-state index contributed by atoms with van der Waals surface area (Å²) in [7, 11) is 0. The fourth-order valence-electron chi connectivity index (χ4n) is 1.50. The average molecular weight is 274 g/mol. The van der Waals surface area contributed by atoms with Gasteiger partial charge in [-0.2, -0.15) is 0 Å². The summed E-state index contributed by atoms with van der Waals surface area (Å²) in [5, 5.41) is 8.91. The summed E-state index contributed by atoms with van der Waals surface area (Å²) in [5.74, 6) is -0.0198. The van der Waals surface area contributed by atoms with E-state index in [9.17, 15) is 4.79 Å². The van der Waals surface area contributed by atoms with Crippen molar-refractivity contribution >= 4 is 5.97 Å². The van der Waals surface area contributed by atoms with E-state index in [0.29, 0.717) is 5.75 Å². The first-order valence-electron chi connectivity index (χ1n) is 6.04. The third-order valence-corrected chi connectivity index (χ3v) is 2.27. The van der Waals surface area contributed by atoms with Crippen LogP contribution in [0.25, 0.3) is 0 Å². The number of aromatic carboxylic acids is 1. The molecule has 0 fully saturated rings. The third-order valence-electron chi connectivity index (χ3n) is 2.27. The smallest absolute Gasteiger partial charge is 0.337 e. The van der Waals surface area contributed by atoms with Gasteiger partial charge in [0, 0.05) is 12.4 Å². The Morgan fingerprint density at radius 1 is 1.35 bits per heavy atom. The van der Waals surface area contributed by atoms with Crippen LogP contribution < -0.4 is 9.47 Å². The Kier molecular flexibility index (Phi) is 4.14. The second kappa shape index (κ2) is 6.01. The van der Waals surface area contributed by atoms with Crippen LogP contribution in [0.1, 0.15) is 24.2 Å². The van der Waals surface area contributed by atoms with Gasteiger partial charge in [0.1, 0.15) is 5.75 Å². The zero-order chi connectivity index (χ0) is 14.5. The Morgan fingerprint density at radius 2 is 2.15 bits per heavy atom. The molecule has 2 heterocycles. The normalized spacial score (nSPS) is 10.3. The Hall–Kier alpha value is -2.63. The van der Waals surface area contributed by atoms with E-state index in [-0.39, 0.29) is 23.3 Å². The van der Waals surface area contributed by atoms with Crippen LogP contribution in [0.4, 0.5) is 0 Å². The molecule has 0 saturated heterocycles. The molecule has 0 unspecified atom stereocenters. The van der Waals surface area contributed by atoms with Crippen molar-refractivity contribution in [3.63, 3.8) is 0 Å². The first-order valence-corrected chi connectivity index (χ1v) is 6.04. The molecular weight excluding hydrogens is 260 g/mol. The second-order valence-corrected chi connectivity index (χ2v) is 4.29. The van der Waals surface area contributed by atoms with Gasteiger partial charge >= 0.3 is 5.97 Å². The van der Waals surface area contributed by atoms with Crippen LogP contribution in [0.2, 0.25) is 0 Å². The maximum absolute atomic E-state index is 10.9. The van der Waals surface area contributed by atoms with E-state index >= 15 is 0 Å². The summed E-state index contributed by atoms with van der Waals surface area (Å²) in [6.45, 7) is 3.78. The highest BCUT2D eigenvalue weighted by Crippen LogP contribution is 2.29. The van der Waals surface area contributed by atoms with Crippen LogP contribution in [0.15, 0.2) is 36.8 Å². The van der Waals surface area contributed by atoms with Gasteiger partial charge in [-0.15, -0.1) is 0 Å². The number of ether oxygens (including phenoxy) is 2. The molecule has 0 aliphatic carbocycles. The molecule has 2 rings (SSSR count). The van der Waals surface area contributed by atoms with E-state index in [4.69, 9.17) is 14.6 Å². The molecule has 2 aromatic heterocycles. The van der Waals surface area contributed by atoms with Crippen molar-refractivity contribution in [3.8, 4) is 17.4 Å². The standard InChI is InChI=1S/C14H14N2O4/c1-9(2)19-12-4-3-5-16-13(12)20-11-6-10(14(17)18)7-15-8-11/h3-9H,1-2H3,(H,17,18). The van der Waals surface area contributed by atoms with Crippen LogP contribution in [0.5, 0.6) is 17.4 Å². The lowest BCUT2D eigenvalue weighted by Gasteiger charge is -2.13. The van der Waals surface area contributed by atoms with Gasteiger partial charge in [0.2, 0.25) is 0 Å². The number of hydrogen-bond donors (Lipinski definition) is 1. The highest BCUT2D eigenvalue weighted by Gasteiger charge is 2.11. The topological polar surface area (TPSA) is 81.5 Å². The lowest BCUT2D eigenvalue weighted by Crippen LogP contribution is -2.07. The molecule has 2 aromatic rings. The van der Waals surface area contributed by atoms with E-state index in [1.165, 1.54) is 18.5 Å². The average Bonchev–Trinajstić information content (AvgIpc) is 2.41. The minimum Gasteiger partial charge on any atom is -0.485 e. The zero-order valence-electron chi connectivity index (χ0n) is 11.1. The van der Waals surface area contributed by atoms with Crippen molar-refractivity contribution in [2.75, 3.05) is 0 Å².